The van der Waals surface area contributed by atoms with Crippen LogP contribution in [0.2, 0.25) is 0 Å². The Morgan fingerprint density at radius 2 is 0.947 bits per heavy atom. The molecule has 0 saturated heterocycles. The smallest absolute Gasteiger partial charge is 0.0561 e. The van der Waals surface area contributed by atoms with Crippen LogP contribution in [0.3, 0.4) is 0 Å². The van der Waals surface area contributed by atoms with Crippen LogP contribution in [-0.4, -0.2) is 4.57 Å². The number of nitrogens with zero attached hydrogens (tertiary/aromatic N) is 2. The lowest BCUT2D eigenvalue weighted by molar-refractivity contribution is 1.18. The molecule has 0 N–H and O–H groups in total. The Kier molecular flexibility index (Phi) is 8.04. The van der Waals surface area contributed by atoms with Crippen molar-refractivity contribution < 1.29 is 0 Å². The van der Waals surface area contributed by atoms with Gasteiger partial charge >= 0.3 is 0 Å². The monoisotopic (exact) mass is 744 g/mol. The van der Waals surface area contributed by atoms with Gasteiger partial charge in [-0.3, -0.25) is 0 Å². The van der Waals surface area contributed by atoms with Crippen molar-refractivity contribution in [3.8, 4) is 39.1 Å². The van der Waals surface area contributed by atoms with Gasteiger partial charge in [0, 0.05) is 53.6 Å². The number of para-hydroxylation sites is 3. The van der Waals surface area contributed by atoms with Crippen molar-refractivity contribution in [2.45, 2.75) is 0 Å². The summed E-state index contributed by atoms with van der Waals surface area (Å²) in [5, 5.41) is 5.06. The standard InChI is InChI=1S/C54H36N2S/c1-3-16-37(17-4-1)43-22-7-8-23-44(43)38-18-15-21-41(34-38)56-51-28-13-10-25-46(51)47-32-31-42(36-52(47)56)55(40-19-5-2-6-20-40)50-27-12-9-24-45(50)39-30-33-54-49(35-39)48-26-11-14-29-53(48)57-54/h1-36H. The molecule has 0 radical (unpaired) electrons. The van der Waals surface area contributed by atoms with Gasteiger partial charge in [0.25, 0.3) is 0 Å². The molecule has 0 saturated carbocycles. The van der Waals surface area contributed by atoms with Crippen molar-refractivity contribution in [2.24, 2.45) is 0 Å². The van der Waals surface area contributed by atoms with E-state index in [4.69, 9.17) is 0 Å². The Bertz CT molecular complexity index is 3250. The number of rotatable bonds is 7. The fourth-order valence-corrected chi connectivity index (χ4v) is 9.69. The number of thiophene rings is 1. The molecule has 0 aliphatic heterocycles. The molecule has 2 nitrogen and oxygen atoms in total. The van der Waals surface area contributed by atoms with E-state index in [-0.39, 0.29) is 0 Å². The van der Waals surface area contributed by atoms with Gasteiger partial charge in [-0.1, -0.05) is 152 Å². The summed E-state index contributed by atoms with van der Waals surface area (Å²) in [6, 6.07) is 79.4. The molecule has 0 fully saturated rings. The van der Waals surface area contributed by atoms with Crippen molar-refractivity contribution in [1.29, 1.82) is 0 Å². The quantitative estimate of drug-likeness (QED) is 0.158. The van der Waals surface area contributed by atoms with Gasteiger partial charge in [0.1, 0.15) is 0 Å². The number of hydrogen-bond donors (Lipinski definition) is 0. The third-order valence-electron chi connectivity index (χ3n) is 11.2. The number of fused-ring (bicyclic) bond motifs is 6. The minimum atomic E-state index is 1.10. The van der Waals surface area contributed by atoms with Crippen LogP contribution < -0.4 is 4.90 Å². The zero-order chi connectivity index (χ0) is 37.7. The maximum absolute atomic E-state index is 2.44. The molecular weight excluding hydrogens is 709 g/mol. The van der Waals surface area contributed by atoms with E-state index in [1.165, 1.54) is 69.8 Å². The molecule has 0 aliphatic carbocycles. The largest absolute Gasteiger partial charge is 0.310 e. The van der Waals surface area contributed by atoms with Crippen LogP contribution in [0.15, 0.2) is 218 Å². The Labute approximate surface area is 335 Å². The average molecular weight is 745 g/mol. The Morgan fingerprint density at radius 3 is 1.79 bits per heavy atom. The third kappa shape index (κ3) is 5.71. The second-order valence-corrected chi connectivity index (χ2v) is 15.6. The summed E-state index contributed by atoms with van der Waals surface area (Å²) in [4.78, 5) is 2.42. The van der Waals surface area contributed by atoms with E-state index in [1.807, 2.05) is 11.3 Å². The van der Waals surface area contributed by atoms with Gasteiger partial charge in [-0.05, 0) is 94.5 Å². The summed E-state index contributed by atoms with van der Waals surface area (Å²) in [6.45, 7) is 0. The summed E-state index contributed by atoms with van der Waals surface area (Å²) < 4.78 is 5.06. The van der Waals surface area contributed by atoms with E-state index in [0.29, 0.717) is 0 Å². The van der Waals surface area contributed by atoms with E-state index in [0.717, 1.165) is 28.3 Å². The zero-order valence-corrected chi connectivity index (χ0v) is 31.9. The molecule has 3 heteroatoms. The van der Waals surface area contributed by atoms with E-state index in [9.17, 15) is 0 Å². The van der Waals surface area contributed by atoms with Crippen LogP contribution in [0.1, 0.15) is 0 Å². The van der Waals surface area contributed by atoms with Crippen molar-refractivity contribution in [1.82, 2.24) is 4.57 Å². The highest BCUT2D eigenvalue weighted by atomic mass is 32.1. The van der Waals surface area contributed by atoms with E-state index >= 15 is 0 Å². The lowest BCUT2D eigenvalue weighted by Gasteiger charge is -2.28. The zero-order valence-electron chi connectivity index (χ0n) is 31.1. The highest BCUT2D eigenvalue weighted by Gasteiger charge is 2.21. The molecule has 268 valence electrons. The average Bonchev–Trinajstić information content (AvgIpc) is 3.82. The fourth-order valence-electron chi connectivity index (χ4n) is 8.60. The molecule has 11 aromatic rings. The molecule has 2 aromatic heterocycles. The van der Waals surface area contributed by atoms with Gasteiger partial charge in [0.2, 0.25) is 0 Å². The Hall–Kier alpha value is -7.20. The topological polar surface area (TPSA) is 8.17 Å². The van der Waals surface area contributed by atoms with Gasteiger partial charge in [-0.15, -0.1) is 11.3 Å². The molecule has 0 unspecified atom stereocenters. The van der Waals surface area contributed by atoms with E-state index in [2.05, 4.69) is 228 Å². The second-order valence-electron chi connectivity index (χ2n) is 14.5. The minimum absolute atomic E-state index is 1.10. The first-order chi connectivity index (χ1) is 28.3. The normalized spacial score (nSPS) is 11.5. The van der Waals surface area contributed by atoms with Gasteiger partial charge in [0.15, 0.2) is 0 Å². The van der Waals surface area contributed by atoms with Crippen LogP contribution in [0.25, 0.3) is 81.0 Å². The van der Waals surface area contributed by atoms with Crippen LogP contribution in [-0.2, 0) is 0 Å². The summed E-state index contributed by atoms with van der Waals surface area (Å²) in [6.07, 6.45) is 0. The first-order valence-electron chi connectivity index (χ1n) is 19.4. The Balaban J connectivity index is 1.10. The number of hydrogen-bond acceptors (Lipinski definition) is 2. The first kappa shape index (κ1) is 33.2. The van der Waals surface area contributed by atoms with Gasteiger partial charge in [-0.25, -0.2) is 0 Å². The SMILES string of the molecule is c1ccc(-c2ccccc2-c2cccc(-n3c4ccccc4c4ccc(N(c5ccccc5)c5ccccc5-c5ccc6sc7ccccc7c6c5)cc43)c2)cc1. The summed E-state index contributed by atoms with van der Waals surface area (Å²) in [7, 11) is 0. The van der Waals surface area contributed by atoms with Gasteiger partial charge in [0.05, 0.1) is 16.7 Å². The molecule has 2 heterocycles. The van der Waals surface area contributed by atoms with Crippen molar-refractivity contribution >= 4 is 70.4 Å². The summed E-state index contributed by atoms with van der Waals surface area (Å²) in [5.74, 6) is 0. The maximum atomic E-state index is 2.44. The van der Waals surface area contributed by atoms with Gasteiger partial charge < -0.3 is 9.47 Å². The predicted octanol–water partition coefficient (Wildman–Crippen LogP) is 15.6. The number of benzene rings is 9. The summed E-state index contributed by atoms with van der Waals surface area (Å²) in [5.41, 5.74) is 14.0. The lowest BCUT2D eigenvalue weighted by atomic mass is 9.94. The molecule has 0 amide bonds. The maximum Gasteiger partial charge on any atom is 0.0561 e. The van der Waals surface area contributed by atoms with Crippen LogP contribution in [0.4, 0.5) is 17.1 Å². The van der Waals surface area contributed by atoms with Crippen LogP contribution in [0, 0.1) is 0 Å². The van der Waals surface area contributed by atoms with Crippen LogP contribution in [0.5, 0.6) is 0 Å². The minimum Gasteiger partial charge on any atom is -0.310 e. The molecule has 0 aliphatic rings. The van der Waals surface area contributed by atoms with Crippen molar-refractivity contribution in [2.75, 3.05) is 4.90 Å². The van der Waals surface area contributed by atoms with Crippen molar-refractivity contribution in [3.05, 3.63) is 218 Å². The lowest BCUT2D eigenvalue weighted by Crippen LogP contribution is -2.11. The van der Waals surface area contributed by atoms with Crippen molar-refractivity contribution in [3.63, 3.8) is 0 Å². The third-order valence-corrected chi connectivity index (χ3v) is 12.3. The molecule has 11 rings (SSSR count). The molecule has 0 spiro atoms. The van der Waals surface area contributed by atoms with E-state index in [1.54, 1.807) is 0 Å². The molecular formula is C54H36N2S. The Morgan fingerprint density at radius 1 is 0.333 bits per heavy atom. The second kappa shape index (κ2) is 13.8. The highest BCUT2D eigenvalue weighted by molar-refractivity contribution is 7.25. The summed E-state index contributed by atoms with van der Waals surface area (Å²) >= 11 is 1.86. The van der Waals surface area contributed by atoms with Crippen LogP contribution >= 0.6 is 11.3 Å². The predicted molar refractivity (Wildman–Crippen MR) is 245 cm³/mol. The first-order valence-corrected chi connectivity index (χ1v) is 20.2. The molecule has 0 bridgehead atoms. The molecule has 57 heavy (non-hydrogen) atoms. The van der Waals surface area contributed by atoms with Gasteiger partial charge in [-0.2, -0.15) is 0 Å². The number of aromatic nitrogens is 1. The fraction of sp³-hybridized carbons (Fsp3) is 0. The molecule has 0 atom stereocenters. The van der Waals surface area contributed by atoms with E-state index < -0.39 is 0 Å². The highest BCUT2D eigenvalue weighted by Crippen LogP contribution is 2.45. The molecule has 9 aromatic carbocycles. The number of anilines is 3.